The van der Waals surface area contributed by atoms with E-state index in [4.69, 9.17) is 0 Å². The van der Waals surface area contributed by atoms with Crippen molar-refractivity contribution in [3.05, 3.63) is 64.5 Å². The number of nitrogens with zero attached hydrogens (tertiary/aromatic N) is 4. The fraction of sp³-hybridized carbons (Fsp3) is 0.222. The zero-order valence-electron chi connectivity index (χ0n) is 14.8. The summed E-state index contributed by atoms with van der Waals surface area (Å²) < 4.78 is 25.2. The van der Waals surface area contributed by atoms with Gasteiger partial charge in [-0.2, -0.15) is 0 Å². The highest BCUT2D eigenvalue weighted by molar-refractivity contribution is 7.99. The van der Waals surface area contributed by atoms with Crippen LogP contribution in [0.25, 0.3) is 5.69 Å². The maximum atomic E-state index is 11.7. The number of nitro benzene ring substituents is 1. The van der Waals surface area contributed by atoms with Crippen molar-refractivity contribution < 1.29 is 13.3 Å². The van der Waals surface area contributed by atoms with Gasteiger partial charge >= 0.3 is 0 Å². The third-order valence-corrected chi connectivity index (χ3v) is 6.34. The standard InChI is InChI=1S/C18H16N4O4S2/c1-28(25,26)14-9-10-16(15(11-14)22(23)24)27-18-19-17(12-7-8-12)21(20-18)13-5-3-2-4-6-13/h2-6,9-12H,7-8H2,1H3. The van der Waals surface area contributed by atoms with Gasteiger partial charge in [0, 0.05) is 18.2 Å². The minimum Gasteiger partial charge on any atom is -0.258 e. The van der Waals surface area contributed by atoms with Crippen LogP contribution in [0.1, 0.15) is 24.6 Å². The first-order valence-electron chi connectivity index (χ1n) is 8.51. The highest BCUT2D eigenvalue weighted by Gasteiger charge is 2.31. The molecule has 0 bridgehead atoms. The van der Waals surface area contributed by atoms with E-state index in [-0.39, 0.29) is 10.6 Å². The largest absolute Gasteiger partial charge is 0.284 e. The van der Waals surface area contributed by atoms with E-state index in [1.165, 1.54) is 12.1 Å². The Morgan fingerprint density at radius 2 is 1.89 bits per heavy atom. The molecule has 1 heterocycles. The highest BCUT2D eigenvalue weighted by atomic mass is 32.2. The van der Waals surface area contributed by atoms with Crippen molar-refractivity contribution in [1.29, 1.82) is 0 Å². The molecule has 1 fully saturated rings. The molecule has 1 aliphatic carbocycles. The summed E-state index contributed by atoms with van der Waals surface area (Å²) in [6.07, 6.45) is 3.10. The Bertz CT molecular complexity index is 1160. The second-order valence-electron chi connectivity index (χ2n) is 6.54. The number of hydrogen-bond acceptors (Lipinski definition) is 7. The molecule has 1 aromatic heterocycles. The average Bonchev–Trinajstić information content (AvgIpc) is 3.42. The number of benzene rings is 2. The van der Waals surface area contributed by atoms with Crippen molar-refractivity contribution in [2.45, 2.75) is 33.7 Å². The second-order valence-corrected chi connectivity index (χ2v) is 9.56. The lowest BCUT2D eigenvalue weighted by Crippen LogP contribution is -2.01. The Hall–Kier alpha value is -2.72. The van der Waals surface area contributed by atoms with Gasteiger partial charge in [0.1, 0.15) is 5.82 Å². The molecule has 144 valence electrons. The number of nitro groups is 1. The minimum atomic E-state index is -3.54. The van der Waals surface area contributed by atoms with E-state index in [1.807, 2.05) is 30.3 Å². The van der Waals surface area contributed by atoms with E-state index >= 15 is 0 Å². The van der Waals surface area contributed by atoms with E-state index in [0.29, 0.717) is 16.0 Å². The molecule has 10 heteroatoms. The van der Waals surface area contributed by atoms with Crippen molar-refractivity contribution in [2.75, 3.05) is 6.26 Å². The van der Waals surface area contributed by atoms with Crippen LogP contribution < -0.4 is 0 Å². The minimum absolute atomic E-state index is 0.0926. The van der Waals surface area contributed by atoms with Gasteiger partial charge in [0.2, 0.25) is 5.16 Å². The van der Waals surface area contributed by atoms with Crippen LogP contribution in [0, 0.1) is 10.1 Å². The smallest absolute Gasteiger partial charge is 0.258 e. The van der Waals surface area contributed by atoms with Crippen LogP contribution in [0.4, 0.5) is 5.69 Å². The zero-order valence-corrected chi connectivity index (χ0v) is 16.5. The molecule has 0 amide bonds. The van der Waals surface area contributed by atoms with Crippen LogP contribution in [0.3, 0.4) is 0 Å². The molecule has 4 rings (SSSR count). The Labute approximate surface area is 165 Å². The summed E-state index contributed by atoms with van der Waals surface area (Å²) in [6.45, 7) is 0. The van der Waals surface area contributed by atoms with E-state index in [0.717, 1.165) is 48.4 Å². The Kier molecular flexibility index (Phi) is 4.68. The SMILES string of the molecule is CS(=O)(=O)c1ccc(Sc2nc(C3CC3)n(-c3ccccc3)n2)c([N+](=O)[O-])c1. The molecular formula is C18H16N4O4S2. The molecule has 0 spiro atoms. The van der Waals surface area contributed by atoms with Crippen molar-refractivity contribution in [2.24, 2.45) is 0 Å². The van der Waals surface area contributed by atoms with E-state index in [9.17, 15) is 18.5 Å². The summed E-state index contributed by atoms with van der Waals surface area (Å²) in [5.41, 5.74) is 0.600. The first-order chi connectivity index (χ1) is 13.3. The van der Waals surface area contributed by atoms with Crippen LogP contribution >= 0.6 is 11.8 Å². The number of sulfone groups is 1. The molecule has 0 saturated heterocycles. The first kappa shape index (κ1) is 18.6. The highest BCUT2D eigenvalue weighted by Crippen LogP contribution is 2.42. The van der Waals surface area contributed by atoms with Gasteiger partial charge in [-0.3, -0.25) is 10.1 Å². The fourth-order valence-corrected chi connectivity index (χ4v) is 4.24. The summed E-state index contributed by atoms with van der Waals surface area (Å²) >= 11 is 1.06. The second kappa shape index (κ2) is 7.02. The lowest BCUT2D eigenvalue weighted by atomic mass is 10.3. The molecule has 1 saturated carbocycles. The van der Waals surface area contributed by atoms with E-state index < -0.39 is 14.8 Å². The molecular weight excluding hydrogens is 400 g/mol. The third kappa shape index (κ3) is 3.78. The van der Waals surface area contributed by atoms with Gasteiger partial charge in [0.25, 0.3) is 5.69 Å². The lowest BCUT2D eigenvalue weighted by Gasteiger charge is -2.04. The van der Waals surface area contributed by atoms with Gasteiger partial charge < -0.3 is 0 Å². The summed E-state index contributed by atoms with van der Waals surface area (Å²) in [6, 6.07) is 13.5. The van der Waals surface area contributed by atoms with Crippen LogP contribution in [0.5, 0.6) is 0 Å². The predicted molar refractivity (Wildman–Crippen MR) is 104 cm³/mol. The molecule has 0 radical (unpaired) electrons. The predicted octanol–water partition coefficient (Wildman–Crippen LogP) is 3.61. The van der Waals surface area contributed by atoms with Gasteiger partial charge in [-0.05, 0) is 48.9 Å². The molecule has 3 aromatic rings. The first-order valence-corrected chi connectivity index (χ1v) is 11.2. The average molecular weight is 416 g/mol. The molecule has 0 aliphatic heterocycles. The maximum Gasteiger partial charge on any atom is 0.284 e. The molecule has 28 heavy (non-hydrogen) atoms. The summed E-state index contributed by atoms with van der Waals surface area (Å²) in [5, 5.41) is 16.4. The summed E-state index contributed by atoms with van der Waals surface area (Å²) in [5.74, 6) is 1.17. The van der Waals surface area contributed by atoms with Crippen molar-refractivity contribution in [3.8, 4) is 5.69 Å². The Balaban J connectivity index is 1.73. The number of hydrogen-bond donors (Lipinski definition) is 0. The van der Waals surface area contributed by atoms with Gasteiger partial charge in [-0.15, -0.1) is 5.10 Å². The van der Waals surface area contributed by atoms with E-state index in [2.05, 4.69) is 10.1 Å². The summed E-state index contributed by atoms with van der Waals surface area (Å²) in [7, 11) is -3.54. The van der Waals surface area contributed by atoms with Crippen LogP contribution in [0.2, 0.25) is 0 Å². The quantitative estimate of drug-likeness (QED) is 0.446. The van der Waals surface area contributed by atoms with Crippen molar-refractivity contribution in [1.82, 2.24) is 14.8 Å². The molecule has 0 atom stereocenters. The molecule has 2 aromatic carbocycles. The van der Waals surface area contributed by atoms with Gasteiger partial charge in [-0.1, -0.05) is 18.2 Å². The van der Waals surface area contributed by atoms with E-state index in [1.54, 1.807) is 4.68 Å². The monoisotopic (exact) mass is 416 g/mol. The zero-order chi connectivity index (χ0) is 19.9. The lowest BCUT2D eigenvalue weighted by molar-refractivity contribution is -0.388. The fourth-order valence-electron chi connectivity index (χ4n) is 2.77. The summed E-state index contributed by atoms with van der Waals surface area (Å²) in [4.78, 5) is 15.7. The third-order valence-electron chi connectivity index (χ3n) is 4.31. The van der Waals surface area contributed by atoms with Crippen LogP contribution in [-0.4, -0.2) is 34.4 Å². The van der Waals surface area contributed by atoms with Crippen molar-refractivity contribution >= 4 is 27.3 Å². The number of rotatable bonds is 6. The van der Waals surface area contributed by atoms with Gasteiger partial charge in [0.15, 0.2) is 9.84 Å². The Morgan fingerprint density at radius 3 is 2.50 bits per heavy atom. The number of aromatic nitrogens is 3. The molecule has 1 aliphatic rings. The van der Waals surface area contributed by atoms with Crippen LogP contribution in [-0.2, 0) is 9.84 Å². The topological polar surface area (TPSA) is 108 Å². The maximum absolute atomic E-state index is 11.7. The normalized spacial score (nSPS) is 14.2. The van der Waals surface area contributed by atoms with Gasteiger partial charge in [0.05, 0.1) is 20.4 Å². The Morgan fingerprint density at radius 1 is 1.18 bits per heavy atom. The van der Waals surface area contributed by atoms with Crippen molar-refractivity contribution in [3.63, 3.8) is 0 Å². The molecule has 0 N–H and O–H groups in total. The number of para-hydroxylation sites is 1. The molecule has 0 unspecified atom stereocenters. The van der Waals surface area contributed by atoms with Crippen LogP contribution in [0.15, 0.2) is 63.5 Å². The van der Waals surface area contributed by atoms with Gasteiger partial charge in [-0.25, -0.2) is 18.1 Å². The molecule has 8 nitrogen and oxygen atoms in total.